The summed E-state index contributed by atoms with van der Waals surface area (Å²) in [5, 5.41) is 9.11. The van der Waals surface area contributed by atoms with E-state index in [1.807, 2.05) is 46.3 Å². The smallest absolute Gasteiger partial charge is 0.274 e. The average molecular weight is 409 g/mol. The van der Waals surface area contributed by atoms with Gasteiger partial charge in [-0.25, -0.2) is 0 Å². The van der Waals surface area contributed by atoms with Crippen LogP contribution in [0.5, 0.6) is 5.75 Å². The summed E-state index contributed by atoms with van der Waals surface area (Å²) >= 11 is 0. The molecule has 1 aliphatic heterocycles. The van der Waals surface area contributed by atoms with Crippen LogP contribution in [-0.4, -0.2) is 48.0 Å². The lowest BCUT2D eigenvalue weighted by Gasteiger charge is -2.20. The molecule has 0 aromatic carbocycles. The van der Waals surface area contributed by atoms with E-state index in [1.165, 1.54) is 0 Å². The predicted octanol–water partition coefficient (Wildman–Crippen LogP) is 2.86. The summed E-state index contributed by atoms with van der Waals surface area (Å²) in [6.07, 6.45) is 5.19. The standard InChI is InChI=1S/C22H28N6O2/c1-4-10-27-18(11-16(3)24-27)14-26(5-2)22(29)21-13-17-12-20(15-28(17)25-21)30-19-6-8-23-9-7-19/h6-9,11,13,20H,4-5,10,12,14-15H2,1-3H3/t20-/m0/s1. The summed E-state index contributed by atoms with van der Waals surface area (Å²) in [5.74, 6) is 0.751. The van der Waals surface area contributed by atoms with Crippen molar-refractivity contribution in [3.05, 3.63) is 59.4 Å². The van der Waals surface area contributed by atoms with E-state index in [9.17, 15) is 4.79 Å². The lowest BCUT2D eigenvalue weighted by molar-refractivity contribution is 0.0740. The zero-order valence-electron chi connectivity index (χ0n) is 17.8. The summed E-state index contributed by atoms with van der Waals surface area (Å²) < 4.78 is 9.88. The first-order valence-corrected chi connectivity index (χ1v) is 10.5. The monoisotopic (exact) mass is 408 g/mol. The van der Waals surface area contributed by atoms with Gasteiger partial charge in [0.25, 0.3) is 5.91 Å². The van der Waals surface area contributed by atoms with E-state index in [-0.39, 0.29) is 12.0 Å². The van der Waals surface area contributed by atoms with Crippen LogP contribution in [0, 0.1) is 6.92 Å². The molecule has 1 aliphatic rings. The Morgan fingerprint density at radius 3 is 2.73 bits per heavy atom. The highest BCUT2D eigenvalue weighted by molar-refractivity contribution is 5.92. The SMILES string of the molecule is CCCn1nc(C)cc1CN(CC)C(=O)c1cc2n(n1)C[C@@H](Oc1ccncc1)C2. The van der Waals surface area contributed by atoms with Gasteiger partial charge in [-0.05, 0) is 44.5 Å². The molecule has 0 saturated heterocycles. The minimum atomic E-state index is -0.0482. The molecular formula is C22H28N6O2. The largest absolute Gasteiger partial charge is 0.488 e. The molecule has 3 aromatic heterocycles. The maximum atomic E-state index is 13.1. The number of hydrogen-bond acceptors (Lipinski definition) is 5. The summed E-state index contributed by atoms with van der Waals surface area (Å²) in [6, 6.07) is 7.65. The van der Waals surface area contributed by atoms with Gasteiger partial charge in [0.05, 0.1) is 24.5 Å². The number of pyridine rings is 1. The summed E-state index contributed by atoms with van der Waals surface area (Å²) in [5.41, 5.74) is 3.55. The van der Waals surface area contributed by atoms with E-state index in [0.717, 1.165) is 42.2 Å². The number of rotatable bonds is 8. The van der Waals surface area contributed by atoms with Gasteiger partial charge in [0, 0.05) is 37.6 Å². The zero-order valence-corrected chi connectivity index (χ0v) is 17.8. The first-order chi connectivity index (χ1) is 14.6. The van der Waals surface area contributed by atoms with Crippen molar-refractivity contribution < 1.29 is 9.53 Å². The van der Waals surface area contributed by atoms with Gasteiger partial charge in [-0.15, -0.1) is 0 Å². The van der Waals surface area contributed by atoms with E-state index in [1.54, 1.807) is 12.4 Å². The Morgan fingerprint density at radius 2 is 2.03 bits per heavy atom. The van der Waals surface area contributed by atoms with Crippen molar-refractivity contribution in [2.75, 3.05) is 6.54 Å². The topological polar surface area (TPSA) is 78.1 Å². The maximum absolute atomic E-state index is 13.1. The molecule has 3 aromatic rings. The molecule has 8 nitrogen and oxygen atoms in total. The fourth-order valence-electron chi connectivity index (χ4n) is 3.88. The first-order valence-electron chi connectivity index (χ1n) is 10.5. The number of carbonyl (C=O) groups excluding carboxylic acids is 1. The minimum absolute atomic E-state index is 0.0210. The second kappa shape index (κ2) is 8.69. The first kappa shape index (κ1) is 20.1. The molecule has 30 heavy (non-hydrogen) atoms. The van der Waals surface area contributed by atoms with Gasteiger partial charge in [0.2, 0.25) is 0 Å². The van der Waals surface area contributed by atoms with E-state index < -0.39 is 0 Å². The summed E-state index contributed by atoms with van der Waals surface area (Å²) in [7, 11) is 0. The number of carbonyl (C=O) groups is 1. The molecule has 0 spiro atoms. The molecular weight excluding hydrogens is 380 g/mol. The number of nitrogens with zero attached hydrogens (tertiary/aromatic N) is 6. The second-order valence-electron chi connectivity index (χ2n) is 7.65. The fraction of sp³-hybridized carbons (Fsp3) is 0.455. The number of fused-ring (bicyclic) bond motifs is 1. The molecule has 0 fully saturated rings. The van der Waals surface area contributed by atoms with Gasteiger partial charge in [-0.3, -0.25) is 19.1 Å². The summed E-state index contributed by atoms with van der Waals surface area (Å²) in [6.45, 7) is 8.75. The van der Waals surface area contributed by atoms with E-state index >= 15 is 0 Å². The molecule has 1 amide bonds. The molecule has 0 radical (unpaired) electrons. The predicted molar refractivity (Wildman–Crippen MR) is 112 cm³/mol. The van der Waals surface area contributed by atoms with Crippen LogP contribution in [0.4, 0.5) is 0 Å². The third kappa shape index (κ3) is 4.22. The molecule has 4 rings (SSSR count). The van der Waals surface area contributed by atoms with Crippen molar-refractivity contribution in [3.8, 4) is 5.75 Å². The number of ether oxygens (including phenoxy) is 1. The van der Waals surface area contributed by atoms with E-state index in [0.29, 0.717) is 25.3 Å². The fourth-order valence-corrected chi connectivity index (χ4v) is 3.88. The number of amides is 1. The van der Waals surface area contributed by atoms with Crippen LogP contribution in [-0.2, 0) is 26.1 Å². The van der Waals surface area contributed by atoms with Gasteiger partial charge in [-0.2, -0.15) is 10.2 Å². The molecule has 0 unspecified atom stereocenters. The van der Waals surface area contributed by atoms with Crippen LogP contribution in [0.15, 0.2) is 36.7 Å². The highest BCUT2D eigenvalue weighted by atomic mass is 16.5. The van der Waals surface area contributed by atoms with E-state index in [4.69, 9.17) is 4.74 Å². The van der Waals surface area contributed by atoms with Crippen molar-refractivity contribution in [2.45, 2.75) is 59.4 Å². The Balaban J connectivity index is 1.43. The van der Waals surface area contributed by atoms with Crippen LogP contribution in [0.3, 0.4) is 0 Å². The number of aromatic nitrogens is 5. The molecule has 4 heterocycles. The van der Waals surface area contributed by atoms with Crippen molar-refractivity contribution in [3.63, 3.8) is 0 Å². The number of aryl methyl sites for hydroxylation is 2. The van der Waals surface area contributed by atoms with Crippen LogP contribution in [0.25, 0.3) is 0 Å². The lowest BCUT2D eigenvalue weighted by atomic mass is 10.2. The van der Waals surface area contributed by atoms with Gasteiger partial charge in [-0.1, -0.05) is 6.92 Å². The van der Waals surface area contributed by atoms with Crippen molar-refractivity contribution in [2.24, 2.45) is 0 Å². The second-order valence-corrected chi connectivity index (χ2v) is 7.65. The quantitative estimate of drug-likeness (QED) is 0.573. The molecule has 0 saturated carbocycles. The Hall–Kier alpha value is -3.16. The molecule has 0 aliphatic carbocycles. The van der Waals surface area contributed by atoms with Crippen molar-refractivity contribution >= 4 is 5.91 Å². The number of hydrogen-bond donors (Lipinski definition) is 0. The lowest BCUT2D eigenvalue weighted by Crippen LogP contribution is -2.32. The van der Waals surface area contributed by atoms with Crippen molar-refractivity contribution in [1.29, 1.82) is 0 Å². The highest BCUT2D eigenvalue weighted by Crippen LogP contribution is 2.22. The normalized spacial score (nSPS) is 15.2. The van der Waals surface area contributed by atoms with Crippen molar-refractivity contribution in [1.82, 2.24) is 29.4 Å². The van der Waals surface area contributed by atoms with Gasteiger partial charge >= 0.3 is 0 Å². The van der Waals surface area contributed by atoms with Gasteiger partial charge < -0.3 is 9.64 Å². The molecule has 0 N–H and O–H groups in total. The van der Waals surface area contributed by atoms with Gasteiger partial charge in [0.15, 0.2) is 5.69 Å². The Bertz CT molecular complexity index is 987. The molecule has 0 bridgehead atoms. The Morgan fingerprint density at radius 1 is 1.23 bits per heavy atom. The average Bonchev–Trinajstić information content (AvgIpc) is 3.39. The Labute approximate surface area is 176 Å². The maximum Gasteiger partial charge on any atom is 0.274 e. The molecule has 158 valence electrons. The van der Waals surface area contributed by atoms with Crippen LogP contribution >= 0.6 is 0 Å². The minimum Gasteiger partial charge on any atom is -0.488 e. The van der Waals surface area contributed by atoms with Crippen LogP contribution in [0.2, 0.25) is 0 Å². The third-order valence-corrected chi connectivity index (χ3v) is 5.29. The highest BCUT2D eigenvalue weighted by Gasteiger charge is 2.28. The molecule has 1 atom stereocenters. The van der Waals surface area contributed by atoms with Gasteiger partial charge in [0.1, 0.15) is 11.9 Å². The zero-order chi connectivity index (χ0) is 21.1. The van der Waals surface area contributed by atoms with Crippen LogP contribution < -0.4 is 4.74 Å². The van der Waals surface area contributed by atoms with Crippen LogP contribution in [0.1, 0.15) is 47.8 Å². The summed E-state index contributed by atoms with van der Waals surface area (Å²) in [4.78, 5) is 18.9. The Kier molecular flexibility index (Phi) is 5.83. The van der Waals surface area contributed by atoms with E-state index in [2.05, 4.69) is 28.2 Å². The third-order valence-electron chi connectivity index (χ3n) is 5.29. The molecule has 8 heteroatoms.